The van der Waals surface area contributed by atoms with E-state index in [9.17, 15) is 24.0 Å². The third-order valence-electron chi connectivity index (χ3n) is 5.59. The van der Waals surface area contributed by atoms with E-state index in [1.807, 2.05) is 0 Å². The zero-order valence-electron chi connectivity index (χ0n) is 22.8. The van der Waals surface area contributed by atoms with Crippen molar-refractivity contribution in [2.24, 2.45) is 0 Å². The Labute approximate surface area is 235 Å². The third-order valence-corrected chi connectivity index (χ3v) is 5.59. The Balaban J connectivity index is 2.02. The van der Waals surface area contributed by atoms with Gasteiger partial charge in [-0.2, -0.15) is 0 Å². The molecule has 2 aromatic carbocycles. The van der Waals surface area contributed by atoms with Crippen LogP contribution < -0.4 is 9.47 Å². The second kappa shape index (κ2) is 14.1. The number of ether oxygens (including phenoxy) is 7. The molecule has 0 spiro atoms. The van der Waals surface area contributed by atoms with E-state index in [1.165, 1.54) is 6.92 Å². The van der Waals surface area contributed by atoms with Crippen LogP contribution in [0.3, 0.4) is 0 Å². The zero-order valence-corrected chi connectivity index (χ0v) is 22.8. The standard InChI is InChI=1S/C28H30O13/c1-15(29)35-13-23-25(37-16(2)30)26(38-17(3)31)27(39-18(4)32)28(41-23)40-22-11-6-5-10-21(22)19-8-7-9-20(12-19)36-14-24(33)34/h5-12,23,25-28H,13-14H2,1-4H3,(H,33,34)/t23-,25-,26+,27+,28+/m1/s1. The van der Waals surface area contributed by atoms with Crippen LogP contribution in [-0.2, 0) is 47.7 Å². The van der Waals surface area contributed by atoms with Crippen molar-refractivity contribution in [3.05, 3.63) is 48.5 Å². The number of para-hydroxylation sites is 1. The first-order valence-corrected chi connectivity index (χ1v) is 12.5. The molecule has 13 heteroatoms. The molecular formula is C28H30O13. The van der Waals surface area contributed by atoms with Crippen LogP contribution in [0.15, 0.2) is 48.5 Å². The summed E-state index contributed by atoms with van der Waals surface area (Å²) in [5, 5.41) is 8.93. The van der Waals surface area contributed by atoms with E-state index in [2.05, 4.69) is 0 Å². The van der Waals surface area contributed by atoms with Gasteiger partial charge in [-0.25, -0.2) is 4.79 Å². The summed E-state index contributed by atoms with van der Waals surface area (Å²) in [5.74, 6) is -3.52. The molecule has 0 radical (unpaired) electrons. The largest absolute Gasteiger partial charge is 0.482 e. The fourth-order valence-electron chi connectivity index (χ4n) is 4.12. The lowest BCUT2D eigenvalue weighted by molar-refractivity contribution is -0.288. The molecule has 1 aliphatic heterocycles. The summed E-state index contributed by atoms with van der Waals surface area (Å²) >= 11 is 0. The van der Waals surface area contributed by atoms with Crippen LogP contribution in [0.25, 0.3) is 11.1 Å². The maximum Gasteiger partial charge on any atom is 0.341 e. The molecule has 1 heterocycles. The molecule has 1 N–H and O–H groups in total. The number of aliphatic carboxylic acids is 1. The van der Waals surface area contributed by atoms with Crippen molar-refractivity contribution in [1.82, 2.24) is 0 Å². The predicted octanol–water partition coefficient (Wildman–Crippen LogP) is 2.28. The Bertz CT molecular complexity index is 1270. The maximum atomic E-state index is 12.1. The van der Waals surface area contributed by atoms with Gasteiger partial charge in [0.05, 0.1) is 0 Å². The molecule has 0 aromatic heterocycles. The quantitative estimate of drug-likeness (QED) is 0.306. The molecule has 3 rings (SSSR count). The lowest BCUT2D eigenvalue weighted by atomic mass is 9.98. The molecule has 0 bridgehead atoms. The zero-order chi connectivity index (χ0) is 30.1. The Hall–Kier alpha value is -4.65. The predicted molar refractivity (Wildman–Crippen MR) is 138 cm³/mol. The van der Waals surface area contributed by atoms with Crippen LogP contribution in [0.2, 0.25) is 0 Å². The Kier molecular flexibility index (Phi) is 10.6. The summed E-state index contributed by atoms with van der Waals surface area (Å²) in [5.41, 5.74) is 1.12. The molecule has 5 atom stereocenters. The molecule has 0 amide bonds. The van der Waals surface area contributed by atoms with Crippen LogP contribution >= 0.6 is 0 Å². The van der Waals surface area contributed by atoms with Gasteiger partial charge in [-0.3, -0.25) is 19.2 Å². The van der Waals surface area contributed by atoms with E-state index in [0.717, 1.165) is 20.8 Å². The molecule has 1 saturated heterocycles. The number of carboxylic acids is 1. The number of rotatable bonds is 11. The molecule has 0 saturated carbocycles. The topological polar surface area (TPSA) is 170 Å². The minimum absolute atomic E-state index is 0.240. The molecule has 1 fully saturated rings. The van der Waals surface area contributed by atoms with Crippen LogP contribution in [0, 0.1) is 0 Å². The van der Waals surface area contributed by atoms with Crippen LogP contribution in [-0.4, -0.2) is 78.9 Å². The summed E-state index contributed by atoms with van der Waals surface area (Å²) in [6.07, 6.45) is -6.72. The molecule has 220 valence electrons. The van der Waals surface area contributed by atoms with Gasteiger partial charge >= 0.3 is 29.8 Å². The number of carbonyl (C=O) groups excluding carboxylic acids is 4. The van der Waals surface area contributed by atoms with E-state index in [0.29, 0.717) is 16.9 Å². The van der Waals surface area contributed by atoms with Gasteiger partial charge in [0.2, 0.25) is 12.4 Å². The van der Waals surface area contributed by atoms with Crippen molar-refractivity contribution in [2.45, 2.75) is 58.4 Å². The minimum atomic E-state index is -1.43. The number of esters is 4. The molecule has 0 unspecified atom stereocenters. The molecule has 2 aromatic rings. The van der Waals surface area contributed by atoms with Crippen molar-refractivity contribution >= 4 is 29.8 Å². The SMILES string of the molecule is CC(=O)OC[C@H]1O[C@H](Oc2ccccc2-c2cccc(OCC(=O)O)c2)[C@@H](OC(C)=O)[C@@H](OC(C)=O)[C@@H]1OC(C)=O. The Morgan fingerprint density at radius 2 is 1.41 bits per heavy atom. The third kappa shape index (κ3) is 8.93. The van der Waals surface area contributed by atoms with Crippen molar-refractivity contribution < 1.29 is 62.2 Å². The fourth-order valence-corrected chi connectivity index (χ4v) is 4.12. The van der Waals surface area contributed by atoms with Crippen molar-refractivity contribution in [1.29, 1.82) is 0 Å². The van der Waals surface area contributed by atoms with Gasteiger partial charge in [0.25, 0.3) is 0 Å². The number of hydrogen-bond acceptors (Lipinski definition) is 12. The van der Waals surface area contributed by atoms with Gasteiger partial charge in [-0.05, 0) is 23.8 Å². The van der Waals surface area contributed by atoms with E-state index in [1.54, 1.807) is 48.5 Å². The highest BCUT2D eigenvalue weighted by atomic mass is 16.7. The smallest absolute Gasteiger partial charge is 0.341 e. The maximum absolute atomic E-state index is 12.1. The summed E-state index contributed by atoms with van der Waals surface area (Å²) in [6.45, 7) is 3.62. The van der Waals surface area contributed by atoms with Gasteiger partial charge in [-0.1, -0.05) is 30.3 Å². The monoisotopic (exact) mass is 574 g/mol. The first-order chi connectivity index (χ1) is 19.4. The lowest BCUT2D eigenvalue weighted by Crippen LogP contribution is -2.63. The van der Waals surface area contributed by atoms with Crippen molar-refractivity contribution in [3.8, 4) is 22.6 Å². The average molecular weight is 575 g/mol. The second-order valence-corrected chi connectivity index (χ2v) is 8.89. The second-order valence-electron chi connectivity index (χ2n) is 8.89. The van der Waals surface area contributed by atoms with Crippen LogP contribution in [0.4, 0.5) is 0 Å². The minimum Gasteiger partial charge on any atom is -0.482 e. The van der Waals surface area contributed by atoms with Gasteiger partial charge < -0.3 is 38.3 Å². The van der Waals surface area contributed by atoms with Gasteiger partial charge in [-0.15, -0.1) is 0 Å². The number of carboxylic acid groups (broad SMARTS) is 1. The number of hydrogen-bond donors (Lipinski definition) is 1. The van der Waals surface area contributed by atoms with E-state index >= 15 is 0 Å². The number of benzene rings is 2. The van der Waals surface area contributed by atoms with Crippen LogP contribution in [0.1, 0.15) is 27.7 Å². The van der Waals surface area contributed by atoms with Gasteiger partial charge in [0.15, 0.2) is 18.8 Å². The highest BCUT2D eigenvalue weighted by Gasteiger charge is 2.53. The Morgan fingerprint density at radius 1 is 0.780 bits per heavy atom. The highest BCUT2D eigenvalue weighted by molar-refractivity contribution is 5.72. The van der Waals surface area contributed by atoms with E-state index in [-0.39, 0.29) is 5.75 Å². The summed E-state index contributed by atoms with van der Waals surface area (Å²) in [4.78, 5) is 58.6. The van der Waals surface area contributed by atoms with Crippen molar-refractivity contribution in [2.75, 3.05) is 13.2 Å². The normalized spacial score (nSPS) is 21.6. The molecule has 1 aliphatic rings. The number of carbonyl (C=O) groups is 5. The van der Waals surface area contributed by atoms with Crippen LogP contribution in [0.5, 0.6) is 11.5 Å². The van der Waals surface area contributed by atoms with Crippen molar-refractivity contribution in [3.63, 3.8) is 0 Å². The van der Waals surface area contributed by atoms with E-state index in [4.69, 9.17) is 38.3 Å². The Morgan fingerprint density at radius 3 is 2.05 bits per heavy atom. The van der Waals surface area contributed by atoms with E-state index < -0.39 is 73.8 Å². The fraction of sp³-hybridized carbons (Fsp3) is 0.393. The molecule has 0 aliphatic carbocycles. The summed E-state index contributed by atoms with van der Waals surface area (Å²) in [7, 11) is 0. The first kappa shape index (κ1) is 30.9. The lowest BCUT2D eigenvalue weighted by Gasteiger charge is -2.44. The average Bonchev–Trinajstić information content (AvgIpc) is 2.89. The molecule has 41 heavy (non-hydrogen) atoms. The molecule has 13 nitrogen and oxygen atoms in total. The van der Waals surface area contributed by atoms with Gasteiger partial charge in [0.1, 0.15) is 24.2 Å². The summed E-state index contributed by atoms with van der Waals surface area (Å²) in [6, 6.07) is 13.3. The summed E-state index contributed by atoms with van der Waals surface area (Å²) < 4.78 is 38.9. The highest BCUT2D eigenvalue weighted by Crippen LogP contribution is 2.36. The first-order valence-electron chi connectivity index (χ1n) is 12.5. The van der Waals surface area contributed by atoms with Gasteiger partial charge in [0, 0.05) is 33.3 Å². The molecular weight excluding hydrogens is 544 g/mol.